The molecule has 0 spiro atoms. The molecule has 0 aromatic carbocycles. The van der Waals surface area contributed by atoms with Crippen LogP contribution >= 0.6 is 24.8 Å². The first-order valence-corrected chi connectivity index (χ1v) is 5.47. The quantitative estimate of drug-likeness (QED) is 0.796. The molecule has 2 rings (SSSR count). The van der Waals surface area contributed by atoms with Crippen molar-refractivity contribution in [2.45, 2.75) is 18.6 Å². The van der Waals surface area contributed by atoms with Crippen LogP contribution in [0, 0.1) is 0 Å². The van der Waals surface area contributed by atoms with E-state index in [1.54, 1.807) is 7.11 Å². The summed E-state index contributed by atoms with van der Waals surface area (Å²) in [6, 6.07) is 0.566. The van der Waals surface area contributed by atoms with Gasteiger partial charge in [-0.2, -0.15) is 0 Å². The van der Waals surface area contributed by atoms with Gasteiger partial charge in [0.05, 0.1) is 12.7 Å². The zero-order valence-electron chi connectivity index (χ0n) is 9.68. The molecule has 1 N–H and O–H groups in total. The summed E-state index contributed by atoms with van der Waals surface area (Å²) in [5.74, 6) is 0. The number of piperazine rings is 1. The number of rotatable bonds is 2. The third-order valence-corrected chi connectivity index (χ3v) is 3.19. The van der Waals surface area contributed by atoms with Gasteiger partial charge in [-0.3, -0.25) is 4.90 Å². The average Bonchev–Trinajstić information content (AvgIpc) is 2.30. The SMILES string of the molecule is COC1COCCC1N1CCNCC1.Cl.Cl. The van der Waals surface area contributed by atoms with Crippen molar-refractivity contribution in [2.75, 3.05) is 46.5 Å². The summed E-state index contributed by atoms with van der Waals surface area (Å²) >= 11 is 0. The highest BCUT2D eigenvalue weighted by Gasteiger charge is 2.31. The van der Waals surface area contributed by atoms with E-state index in [0.717, 1.165) is 45.8 Å². The second-order valence-corrected chi connectivity index (χ2v) is 3.99. The van der Waals surface area contributed by atoms with Gasteiger partial charge >= 0.3 is 0 Å². The molecule has 2 aliphatic heterocycles. The Kier molecular flexibility index (Phi) is 8.73. The zero-order chi connectivity index (χ0) is 9.80. The number of hydrogen-bond acceptors (Lipinski definition) is 4. The van der Waals surface area contributed by atoms with Crippen LogP contribution in [0.15, 0.2) is 0 Å². The van der Waals surface area contributed by atoms with Crippen molar-refractivity contribution in [2.24, 2.45) is 0 Å². The van der Waals surface area contributed by atoms with Gasteiger partial charge in [0.25, 0.3) is 0 Å². The second kappa shape index (κ2) is 8.50. The maximum atomic E-state index is 5.47. The molecule has 0 saturated carbocycles. The maximum Gasteiger partial charge on any atom is 0.0960 e. The van der Waals surface area contributed by atoms with Crippen LogP contribution in [0.1, 0.15) is 6.42 Å². The van der Waals surface area contributed by atoms with Crippen LogP contribution in [-0.2, 0) is 9.47 Å². The Morgan fingerprint density at radius 1 is 1.25 bits per heavy atom. The normalized spacial score (nSPS) is 31.3. The van der Waals surface area contributed by atoms with Gasteiger partial charge < -0.3 is 14.8 Å². The molecule has 2 fully saturated rings. The first-order valence-electron chi connectivity index (χ1n) is 5.47. The molecule has 0 radical (unpaired) electrons. The van der Waals surface area contributed by atoms with Crippen molar-refractivity contribution in [1.29, 1.82) is 0 Å². The minimum atomic E-state index is 0. The number of halogens is 2. The van der Waals surface area contributed by atoms with Gasteiger partial charge in [-0.1, -0.05) is 0 Å². The van der Waals surface area contributed by atoms with E-state index in [4.69, 9.17) is 9.47 Å². The van der Waals surface area contributed by atoms with Crippen molar-refractivity contribution < 1.29 is 9.47 Å². The minimum Gasteiger partial charge on any atom is -0.379 e. The van der Waals surface area contributed by atoms with Gasteiger partial charge in [-0.15, -0.1) is 24.8 Å². The molecule has 98 valence electrons. The first-order chi connectivity index (χ1) is 6.92. The Morgan fingerprint density at radius 3 is 2.56 bits per heavy atom. The van der Waals surface area contributed by atoms with Gasteiger partial charge in [-0.25, -0.2) is 0 Å². The van der Waals surface area contributed by atoms with Crippen molar-refractivity contribution >= 4 is 24.8 Å². The number of nitrogens with zero attached hydrogens (tertiary/aromatic N) is 1. The van der Waals surface area contributed by atoms with Gasteiger partial charge in [0, 0.05) is 45.9 Å². The van der Waals surface area contributed by atoms with Crippen LogP contribution in [0.5, 0.6) is 0 Å². The smallest absolute Gasteiger partial charge is 0.0960 e. The first kappa shape index (κ1) is 16.4. The monoisotopic (exact) mass is 272 g/mol. The van der Waals surface area contributed by atoms with Crippen LogP contribution in [0.4, 0.5) is 0 Å². The third-order valence-electron chi connectivity index (χ3n) is 3.19. The Labute approximate surface area is 110 Å². The molecular formula is C10H22Cl2N2O2. The van der Waals surface area contributed by atoms with E-state index in [1.807, 2.05) is 0 Å². The zero-order valence-corrected chi connectivity index (χ0v) is 11.3. The highest BCUT2D eigenvalue weighted by atomic mass is 35.5. The summed E-state index contributed by atoms with van der Waals surface area (Å²) < 4.78 is 10.9. The lowest BCUT2D eigenvalue weighted by molar-refractivity contribution is -0.0846. The molecular weight excluding hydrogens is 251 g/mol. The molecule has 16 heavy (non-hydrogen) atoms. The third kappa shape index (κ3) is 4.02. The Balaban J connectivity index is 0.00000112. The van der Waals surface area contributed by atoms with E-state index in [-0.39, 0.29) is 30.9 Å². The predicted molar refractivity (Wildman–Crippen MR) is 69.0 cm³/mol. The Hall–Kier alpha value is 0.420. The molecule has 2 unspecified atom stereocenters. The molecule has 0 bridgehead atoms. The number of ether oxygens (including phenoxy) is 2. The van der Waals surface area contributed by atoms with Gasteiger partial charge in [-0.05, 0) is 6.42 Å². The van der Waals surface area contributed by atoms with E-state index in [9.17, 15) is 0 Å². The van der Waals surface area contributed by atoms with Crippen molar-refractivity contribution in [3.8, 4) is 0 Å². The Morgan fingerprint density at radius 2 is 1.94 bits per heavy atom. The fraction of sp³-hybridized carbons (Fsp3) is 1.00. The molecule has 2 aliphatic rings. The molecule has 4 nitrogen and oxygen atoms in total. The second-order valence-electron chi connectivity index (χ2n) is 3.99. The van der Waals surface area contributed by atoms with Crippen molar-refractivity contribution in [3.05, 3.63) is 0 Å². The highest BCUT2D eigenvalue weighted by molar-refractivity contribution is 5.85. The van der Waals surface area contributed by atoms with Crippen LogP contribution in [0.25, 0.3) is 0 Å². The Bertz CT molecular complexity index is 180. The molecule has 2 atom stereocenters. The standard InChI is InChI=1S/C10H20N2O2.2ClH/c1-13-10-8-14-7-2-9(10)12-5-3-11-4-6-12;;/h9-11H,2-8H2,1H3;2*1H. The van der Waals surface area contributed by atoms with Gasteiger partial charge in [0.2, 0.25) is 0 Å². The lowest BCUT2D eigenvalue weighted by Gasteiger charge is -2.40. The topological polar surface area (TPSA) is 33.7 Å². The number of hydrogen-bond donors (Lipinski definition) is 1. The van der Waals surface area contributed by atoms with Gasteiger partial charge in [0.1, 0.15) is 0 Å². The minimum absolute atomic E-state index is 0. The average molecular weight is 273 g/mol. The van der Waals surface area contributed by atoms with Crippen molar-refractivity contribution in [3.63, 3.8) is 0 Å². The van der Waals surface area contributed by atoms with Crippen molar-refractivity contribution in [1.82, 2.24) is 10.2 Å². The molecule has 2 heterocycles. The lowest BCUT2D eigenvalue weighted by atomic mass is 10.0. The van der Waals surface area contributed by atoms with Crippen LogP contribution in [0.2, 0.25) is 0 Å². The van der Waals surface area contributed by atoms with E-state index >= 15 is 0 Å². The molecule has 0 aromatic rings. The summed E-state index contributed by atoms with van der Waals surface area (Å²) in [5, 5.41) is 3.37. The van der Waals surface area contributed by atoms with E-state index in [0.29, 0.717) is 6.04 Å². The molecule has 2 saturated heterocycles. The summed E-state index contributed by atoms with van der Waals surface area (Å²) in [6.45, 7) is 6.14. The number of nitrogens with one attached hydrogen (secondary N) is 1. The fourth-order valence-corrected chi connectivity index (χ4v) is 2.36. The maximum absolute atomic E-state index is 5.47. The molecule has 0 amide bonds. The molecule has 0 aromatic heterocycles. The predicted octanol–water partition coefficient (Wildman–Crippen LogP) is 0.539. The van der Waals surface area contributed by atoms with Crippen LogP contribution in [-0.4, -0.2) is 63.5 Å². The lowest BCUT2D eigenvalue weighted by Crippen LogP contribution is -2.55. The molecule has 0 aliphatic carbocycles. The fourth-order valence-electron chi connectivity index (χ4n) is 2.36. The summed E-state index contributed by atoms with van der Waals surface area (Å²) in [5.41, 5.74) is 0. The van der Waals surface area contributed by atoms with Gasteiger partial charge in [0.15, 0.2) is 0 Å². The van der Waals surface area contributed by atoms with Crippen LogP contribution < -0.4 is 5.32 Å². The summed E-state index contributed by atoms with van der Waals surface area (Å²) in [6.07, 6.45) is 1.38. The number of methoxy groups -OCH3 is 1. The van der Waals surface area contributed by atoms with Crippen LogP contribution in [0.3, 0.4) is 0 Å². The highest BCUT2D eigenvalue weighted by Crippen LogP contribution is 2.17. The van der Waals surface area contributed by atoms with E-state index in [1.165, 1.54) is 0 Å². The summed E-state index contributed by atoms with van der Waals surface area (Å²) in [7, 11) is 1.79. The van der Waals surface area contributed by atoms with E-state index in [2.05, 4.69) is 10.2 Å². The van der Waals surface area contributed by atoms with E-state index < -0.39 is 0 Å². The summed E-state index contributed by atoms with van der Waals surface area (Å²) in [4.78, 5) is 2.53. The largest absolute Gasteiger partial charge is 0.379 e. The molecule has 6 heteroatoms.